The lowest BCUT2D eigenvalue weighted by molar-refractivity contribution is -0.148. The highest BCUT2D eigenvalue weighted by atomic mass is 35.5. The lowest BCUT2D eigenvalue weighted by Crippen LogP contribution is -2.59. The fourth-order valence-electron chi connectivity index (χ4n) is 4.46. The van der Waals surface area contributed by atoms with E-state index in [1.807, 2.05) is 23.1 Å². The van der Waals surface area contributed by atoms with E-state index < -0.39 is 5.54 Å². The van der Waals surface area contributed by atoms with Crippen molar-refractivity contribution in [2.45, 2.75) is 44.3 Å². The molecule has 1 atom stereocenters. The molecule has 4 nitrogen and oxygen atoms in total. The zero-order chi connectivity index (χ0) is 18.9. The summed E-state index contributed by atoms with van der Waals surface area (Å²) in [6.07, 6.45) is 5.38. The number of piperidine rings is 1. The van der Waals surface area contributed by atoms with Crippen LogP contribution in [0.2, 0.25) is 5.02 Å². The van der Waals surface area contributed by atoms with Crippen molar-refractivity contribution in [3.05, 3.63) is 64.7 Å². The maximum absolute atomic E-state index is 13.7. The number of hydrogen-bond acceptors (Lipinski definition) is 3. The molecular formula is C21H23ClFN3O. The van der Waals surface area contributed by atoms with E-state index in [9.17, 15) is 9.18 Å². The van der Waals surface area contributed by atoms with Gasteiger partial charge < -0.3 is 4.90 Å². The predicted molar refractivity (Wildman–Crippen MR) is 103 cm³/mol. The Labute approximate surface area is 163 Å². The Balaban J connectivity index is 1.56. The van der Waals surface area contributed by atoms with Gasteiger partial charge in [-0.25, -0.2) is 4.39 Å². The molecule has 142 valence electrons. The highest BCUT2D eigenvalue weighted by Crippen LogP contribution is 2.40. The van der Waals surface area contributed by atoms with Gasteiger partial charge in [-0.1, -0.05) is 17.7 Å². The first kappa shape index (κ1) is 18.4. The van der Waals surface area contributed by atoms with E-state index in [1.54, 1.807) is 12.3 Å². The van der Waals surface area contributed by atoms with Gasteiger partial charge in [0.1, 0.15) is 11.4 Å². The van der Waals surface area contributed by atoms with Gasteiger partial charge in [-0.3, -0.25) is 14.7 Å². The smallest absolute Gasteiger partial charge is 0.243 e. The summed E-state index contributed by atoms with van der Waals surface area (Å²) in [5.41, 5.74) is 1.15. The Hall–Kier alpha value is -1.98. The highest BCUT2D eigenvalue weighted by molar-refractivity contribution is 6.31. The third kappa shape index (κ3) is 3.58. The summed E-state index contributed by atoms with van der Waals surface area (Å²) >= 11 is 6.28. The van der Waals surface area contributed by atoms with E-state index in [0.717, 1.165) is 50.0 Å². The van der Waals surface area contributed by atoms with E-state index >= 15 is 0 Å². The first-order valence-corrected chi connectivity index (χ1v) is 9.84. The molecule has 0 radical (unpaired) electrons. The summed E-state index contributed by atoms with van der Waals surface area (Å²) in [7, 11) is 0. The number of nitrogens with zero attached hydrogens (tertiary/aromatic N) is 3. The highest BCUT2D eigenvalue weighted by Gasteiger charge is 2.50. The van der Waals surface area contributed by atoms with Crippen LogP contribution in [-0.2, 0) is 17.9 Å². The lowest BCUT2D eigenvalue weighted by atomic mass is 9.85. The predicted octanol–water partition coefficient (Wildman–Crippen LogP) is 4.03. The van der Waals surface area contributed by atoms with Crippen molar-refractivity contribution >= 4 is 17.5 Å². The molecule has 3 heterocycles. The van der Waals surface area contributed by atoms with Crippen LogP contribution >= 0.6 is 11.6 Å². The molecule has 27 heavy (non-hydrogen) atoms. The van der Waals surface area contributed by atoms with Crippen molar-refractivity contribution in [1.82, 2.24) is 14.8 Å². The van der Waals surface area contributed by atoms with Gasteiger partial charge in [-0.15, -0.1) is 0 Å². The normalized spacial score (nSPS) is 23.3. The lowest BCUT2D eigenvalue weighted by Gasteiger charge is -2.44. The molecular weight excluding hydrogens is 365 g/mol. The maximum atomic E-state index is 13.7. The third-order valence-corrected chi connectivity index (χ3v) is 6.14. The molecule has 2 fully saturated rings. The van der Waals surface area contributed by atoms with Crippen molar-refractivity contribution < 1.29 is 9.18 Å². The molecule has 6 heteroatoms. The molecule has 4 rings (SSSR count). The molecule has 1 spiro atoms. The topological polar surface area (TPSA) is 36.4 Å². The molecule has 2 aliphatic rings. The number of amides is 1. The van der Waals surface area contributed by atoms with Crippen molar-refractivity contribution in [3.63, 3.8) is 0 Å². The van der Waals surface area contributed by atoms with Crippen LogP contribution in [0.15, 0.2) is 42.6 Å². The zero-order valence-corrected chi connectivity index (χ0v) is 16.0. The number of benzene rings is 1. The first-order valence-electron chi connectivity index (χ1n) is 9.47. The molecule has 2 saturated heterocycles. The van der Waals surface area contributed by atoms with Gasteiger partial charge in [0.25, 0.3) is 0 Å². The van der Waals surface area contributed by atoms with Gasteiger partial charge in [-0.05, 0) is 68.1 Å². The number of pyridine rings is 1. The third-order valence-electron chi connectivity index (χ3n) is 5.78. The minimum atomic E-state index is -0.497. The van der Waals surface area contributed by atoms with Crippen molar-refractivity contribution in [1.29, 1.82) is 0 Å². The quantitative estimate of drug-likeness (QED) is 0.794. The van der Waals surface area contributed by atoms with E-state index in [4.69, 9.17) is 11.6 Å². The summed E-state index contributed by atoms with van der Waals surface area (Å²) in [6.45, 7) is 2.62. The second kappa shape index (κ2) is 7.56. The molecule has 0 aliphatic carbocycles. The number of carbonyl (C=O) groups excluding carboxylic acids is 1. The summed E-state index contributed by atoms with van der Waals surface area (Å²) < 4.78 is 13.7. The average Bonchev–Trinajstić information content (AvgIpc) is 3.06. The standard InChI is InChI=1S/C21H23ClFN3O/c22-19-7-6-17(23)13-16(19)14-26-12-4-9-21(26)8-3-11-25(20(21)27)15-18-5-1-2-10-24-18/h1-2,5-7,10,13H,3-4,8-9,11-12,14-15H2. The summed E-state index contributed by atoms with van der Waals surface area (Å²) in [5.74, 6) is -0.126. The van der Waals surface area contributed by atoms with Gasteiger partial charge in [0, 0.05) is 24.3 Å². The van der Waals surface area contributed by atoms with Crippen LogP contribution in [-0.4, -0.2) is 39.3 Å². The minimum absolute atomic E-state index is 0.171. The van der Waals surface area contributed by atoms with Crippen LogP contribution < -0.4 is 0 Å². The Kier molecular flexibility index (Phi) is 5.15. The average molecular weight is 388 g/mol. The fraction of sp³-hybridized carbons (Fsp3) is 0.429. The van der Waals surface area contributed by atoms with Crippen molar-refractivity contribution in [2.24, 2.45) is 0 Å². The number of hydrogen-bond donors (Lipinski definition) is 0. The summed E-state index contributed by atoms with van der Waals surface area (Å²) in [4.78, 5) is 22.0. The molecule has 1 aromatic heterocycles. The van der Waals surface area contributed by atoms with Crippen LogP contribution in [0.4, 0.5) is 4.39 Å². The van der Waals surface area contributed by atoms with Crippen molar-refractivity contribution in [2.75, 3.05) is 13.1 Å². The van der Waals surface area contributed by atoms with Gasteiger partial charge >= 0.3 is 0 Å². The molecule has 1 amide bonds. The molecule has 0 saturated carbocycles. The van der Waals surface area contributed by atoms with Gasteiger partial charge in [0.2, 0.25) is 5.91 Å². The second-order valence-corrected chi connectivity index (χ2v) is 7.85. The summed E-state index contributed by atoms with van der Waals surface area (Å²) in [6, 6.07) is 10.2. The molecule has 2 aliphatic heterocycles. The Bertz CT molecular complexity index is 831. The molecule has 0 bridgehead atoms. The summed E-state index contributed by atoms with van der Waals surface area (Å²) in [5, 5.41) is 0.548. The van der Waals surface area contributed by atoms with Gasteiger partial charge in [0.05, 0.1) is 12.2 Å². The maximum Gasteiger partial charge on any atom is 0.243 e. The number of aromatic nitrogens is 1. The van der Waals surface area contributed by atoms with Crippen LogP contribution in [0.3, 0.4) is 0 Å². The molecule has 1 unspecified atom stereocenters. The molecule has 2 aromatic rings. The zero-order valence-electron chi connectivity index (χ0n) is 15.2. The SMILES string of the molecule is O=C1N(Cc2ccccn2)CCCC12CCCN2Cc1cc(F)ccc1Cl. The Morgan fingerprint density at radius 3 is 2.70 bits per heavy atom. The van der Waals surface area contributed by atoms with Gasteiger partial charge in [-0.2, -0.15) is 0 Å². The Morgan fingerprint density at radius 1 is 1.11 bits per heavy atom. The van der Waals surface area contributed by atoms with Crippen LogP contribution in [0.25, 0.3) is 0 Å². The van der Waals surface area contributed by atoms with E-state index in [0.29, 0.717) is 18.1 Å². The number of rotatable bonds is 4. The number of carbonyl (C=O) groups is 1. The van der Waals surface area contributed by atoms with E-state index in [-0.39, 0.29) is 11.7 Å². The van der Waals surface area contributed by atoms with E-state index in [2.05, 4.69) is 9.88 Å². The molecule has 0 N–H and O–H groups in total. The minimum Gasteiger partial charge on any atom is -0.335 e. The van der Waals surface area contributed by atoms with Crippen LogP contribution in [0.5, 0.6) is 0 Å². The monoisotopic (exact) mass is 387 g/mol. The van der Waals surface area contributed by atoms with Crippen LogP contribution in [0.1, 0.15) is 36.9 Å². The van der Waals surface area contributed by atoms with E-state index in [1.165, 1.54) is 12.1 Å². The van der Waals surface area contributed by atoms with Gasteiger partial charge in [0.15, 0.2) is 0 Å². The number of likely N-dealkylation sites (tertiary alicyclic amines) is 2. The second-order valence-electron chi connectivity index (χ2n) is 7.44. The Morgan fingerprint density at radius 2 is 1.93 bits per heavy atom. The fourth-order valence-corrected chi connectivity index (χ4v) is 4.64. The number of halogens is 2. The molecule has 1 aromatic carbocycles. The van der Waals surface area contributed by atoms with Crippen LogP contribution in [0, 0.1) is 5.82 Å². The van der Waals surface area contributed by atoms with Crippen molar-refractivity contribution in [3.8, 4) is 0 Å². The first-order chi connectivity index (χ1) is 13.1. The largest absolute Gasteiger partial charge is 0.335 e.